The van der Waals surface area contributed by atoms with Crippen LogP contribution in [0.25, 0.3) is 0 Å². The van der Waals surface area contributed by atoms with Gasteiger partial charge in [0.15, 0.2) is 0 Å². The van der Waals surface area contributed by atoms with Crippen molar-refractivity contribution >= 4 is 47.8 Å². The summed E-state index contributed by atoms with van der Waals surface area (Å²) in [6, 6.07) is 0. The largest absolute Gasteiger partial charge is 0.266 e. The minimum atomic E-state index is -2.52. The van der Waals surface area contributed by atoms with Crippen LogP contribution >= 0.6 is 47.8 Å². The van der Waals surface area contributed by atoms with Gasteiger partial charge in [-0.1, -0.05) is 0 Å². The molecule has 0 unspecified atom stereocenters. The number of halogens is 5. The number of aromatic nitrogens is 1. The average molecular weight is 366 g/mol. The van der Waals surface area contributed by atoms with E-state index in [1.165, 1.54) is 0 Å². The zero-order valence-electron chi connectivity index (χ0n) is 5.49. The van der Waals surface area contributed by atoms with Crippen LogP contribution in [0.5, 0.6) is 0 Å². The molecule has 0 aliphatic carbocycles. The summed E-state index contributed by atoms with van der Waals surface area (Å²) >= 11 is 9.24. The summed E-state index contributed by atoms with van der Waals surface area (Å²) in [6.07, 6.45) is -1.39. The van der Waals surface area contributed by atoms with Crippen molar-refractivity contribution in [3.63, 3.8) is 0 Å². The Labute approximate surface area is 92.9 Å². The lowest BCUT2D eigenvalue weighted by Gasteiger charge is -2.04. The van der Waals surface area contributed by atoms with Gasteiger partial charge >= 0.3 is 0 Å². The van der Waals surface area contributed by atoms with Crippen LogP contribution in [0.4, 0.5) is 8.78 Å². The van der Waals surface area contributed by atoms with Crippen molar-refractivity contribution in [2.45, 2.75) is 6.43 Å². The first kappa shape index (κ1) is 10.5. The topological polar surface area (TPSA) is 12.9 Å². The zero-order valence-corrected chi connectivity index (χ0v) is 10.2. The Kier molecular flexibility index (Phi) is 3.60. The Morgan fingerprint density at radius 3 is 2.25 bits per heavy atom. The van der Waals surface area contributed by atoms with Crippen molar-refractivity contribution in [2.24, 2.45) is 0 Å². The maximum Gasteiger partial charge on any atom is 0.266 e. The molecule has 6 heteroatoms. The standard InChI is InChI=1S/C6H2Br3F2N/c7-3-2(6(10)11)1-12-5(9)4(3)8/h1,6H. The molecule has 66 valence electrons. The van der Waals surface area contributed by atoms with E-state index < -0.39 is 6.43 Å². The first-order valence-electron chi connectivity index (χ1n) is 2.81. The fraction of sp³-hybridized carbons (Fsp3) is 0.167. The number of rotatable bonds is 1. The molecule has 0 fully saturated rings. The van der Waals surface area contributed by atoms with Crippen LogP contribution in [-0.2, 0) is 0 Å². The van der Waals surface area contributed by atoms with Crippen molar-refractivity contribution in [1.82, 2.24) is 4.98 Å². The third-order valence-electron chi connectivity index (χ3n) is 1.18. The second-order valence-electron chi connectivity index (χ2n) is 1.93. The van der Waals surface area contributed by atoms with Gasteiger partial charge < -0.3 is 0 Å². The number of pyridine rings is 1. The summed E-state index contributed by atoms with van der Waals surface area (Å²) in [7, 11) is 0. The molecule has 1 heterocycles. The SMILES string of the molecule is FC(F)c1cnc(Br)c(Br)c1Br. The Balaban J connectivity index is 3.27. The molecule has 0 atom stereocenters. The maximum atomic E-state index is 12.2. The molecule has 1 aromatic rings. The molecule has 0 N–H and O–H groups in total. The van der Waals surface area contributed by atoms with Gasteiger partial charge in [0.2, 0.25) is 0 Å². The van der Waals surface area contributed by atoms with E-state index in [2.05, 4.69) is 52.8 Å². The Hall–Kier alpha value is 0.450. The molecule has 0 aliphatic rings. The predicted molar refractivity (Wildman–Crippen MR) is 52.3 cm³/mol. The average Bonchev–Trinajstić information content (AvgIpc) is 2.00. The summed E-state index contributed by atoms with van der Waals surface area (Å²) in [5.74, 6) is 0. The highest BCUT2D eigenvalue weighted by Crippen LogP contribution is 2.35. The summed E-state index contributed by atoms with van der Waals surface area (Å²) in [6.45, 7) is 0. The molecular formula is C6H2Br3F2N. The normalized spacial score (nSPS) is 10.8. The summed E-state index contributed by atoms with van der Waals surface area (Å²) < 4.78 is 25.8. The highest BCUT2D eigenvalue weighted by Gasteiger charge is 2.15. The van der Waals surface area contributed by atoms with Crippen molar-refractivity contribution in [3.8, 4) is 0 Å². The van der Waals surface area contributed by atoms with Crippen LogP contribution in [0.15, 0.2) is 19.7 Å². The van der Waals surface area contributed by atoms with E-state index >= 15 is 0 Å². The van der Waals surface area contributed by atoms with E-state index in [1.54, 1.807) is 0 Å². The number of nitrogens with zero attached hydrogens (tertiary/aromatic N) is 1. The van der Waals surface area contributed by atoms with Crippen LogP contribution < -0.4 is 0 Å². The molecule has 0 spiro atoms. The first-order valence-corrected chi connectivity index (χ1v) is 5.19. The summed E-state index contributed by atoms with van der Waals surface area (Å²) in [5, 5.41) is 0. The predicted octanol–water partition coefficient (Wildman–Crippen LogP) is 4.31. The van der Waals surface area contributed by atoms with Crippen molar-refractivity contribution < 1.29 is 8.78 Å². The Morgan fingerprint density at radius 1 is 1.17 bits per heavy atom. The van der Waals surface area contributed by atoms with Crippen LogP contribution in [0, 0.1) is 0 Å². The highest BCUT2D eigenvalue weighted by atomic mass is 79.9. The molecule has 0 aliphatic heterocycles. The fourth-order valence-electron chi connectivity index (χ4n) is 0.609. The van der Waals surface area contributed by atoms with Gasteiger partial charge in [-0.25, -0.2) is 13.8 Å². The monoisotopic (exact) mass is 363 g/mol. The van der Waals surface area contributed by atoms with Gasteiger partial charge in [-0.05, 0) is 47.8 Å². The molecule has 1 nitrogen and oxygen atoms in total. The van der Waals surface area contributed by atoms with Crippen LogP contribution in [0.1, 0.15) is 12.0 Å². The second kappa shape index (κ2) is 4.11. The van der Waals surface area contributed by atoms with Gasteiger partial charge in [0.05, 0.1) is 10.0 Å². The van der Waals surface area contributed by atoms with Gasteiger partial charge in [-0.2, -0.15) is 0 Å². The van der Waals surface area contributed by atoms with E-state index in [0.29, 0.717) is 13.5 Å². The summed E-state index contributed by atoms with van der Waals surface area (Å²) in [4.78, 5) is 3.72. The smallest absolute Gasteiger partial charge is 0.248 e. The quantitative estimate of drug-likeness (QED) is 0.676. The number of hydrogen-bond acceptors (Lipinski definition) is 1. The molecule has 0 saturated carbocycles. The van der Waals surface area contributed by atoms with E-state index in [-0.39, 0.29) is 5.56 Å². The summed E-state index contributed by atoms with van der Waals surface area (Å²) in [5.41, 5.74) is -0.120. The third-order valence-corrected chi connectivity index (χ3v) is 4.47. The third kappa shape index (κ3) is 2.03. The van der Waals surface area contributed by atoms with Crippen molar-refractivity contribution in [1.29, 1.82) is 0 Å². The van der Waals surface area contributed by atoms with Gasteiger partial charge in [-0.3, -0.25) is 0 Å². The molecule has 1 rings (SSSR count). The van der Waals surface area contributed by atoms with E-state index in [4.69, 9.17) is 0 Å². The molecule has 1 aromatic heterocycles. The minimum absolute atomic E-state index is 0.120. The van der Waals surface area contributed by atoms with Gasteiger partial charge in [0.1, 0.15) is 4.60 Å². The fourth-order valence-corrected chi connectivity index (χ4v) is 1.97. The van der Waals surface area contributed by atoms with Crippen LogP contribution in [-0.4, -0.2) is 4.98 Å². The lowest BCUT2D eigenvalue weighted by atomic mass is 10.3. The van der Waals surface area contributed by atoms with Crippen LogP contribution in [0.3, 0.4) is 0 Å². The molecular weight excluding hydrogens is 364 g/mol. The maximum absolute atomic E-state index is 12.2. The number of alkyl halides is 2. The number of hydrogen-bond donors (Lipinski definition) is 0. The van der Waals surface area contributed by atoms with Gasteiger partial charge in [-0.15, -0.1) is 0 Å². The van der Waals surface area contributed by atoms with Crippen molar-refractivity contribution in [2.75, 3.05) is 0 Å². The van der Waals surface area contributed by atoms with Gasteiger partial charge in [0.25, 0.3) is 6.43 Å². The van der Waals surface area contributed by atoms with E-state index in [1.807, 2.05) is 0 Å². The molecule has 12 heavy (non-hydrogen) atoms. The lowest BCUT2D eigenvalue weighted by Crippen LogP contribution is -1.90. The molecule has 0 saturated heterocycles. The highest BCUT2D eigenvalue weighted by molar-refractivity contribution is 9.14. The minimum Gasteiger partial charge on any atom is -0.248 e. The Morgan fingerprint density at radius 2 is 1.75 bits per heavy atom. The Bertz CT molecular complexity index is 303. The second-order valence-corrected chi connectivity index (χ2v) is 4.27. The van der Waals surface area contributed by atoms with E-state index in [9.17, 15) is 8.78 Å². The molecule has 0 aromatic carbocycles. The molecule has 0 bridgehead atoms. The van der Waals surface area contributed by atoms with Crippen LogP contribution in [0.2, 0.25) is 0 Å². The molecule has 0 amide bonds. The lowest BCUT2D eigenvalue weighted by molar-refractivity contribution is 0.150. The first-order chi connectivity index (χ1) is 5.54. The van der Waals surface area contributed by atoms with Crippen molar-refractivity contribution in [3.05, 3.63) is 25.3 Å². The van der Waals surface area contributed by atoms with E-state index in [0.717, 1.165) is 6.20 Å². The zero-order chi connectivity index (χ0) is 9.30. The van der Waals surface area contributed by atoms with Gasteiger partial charge in [0, 0.05) is 10.7 Å². The molecule has 0 radical (unpaired) electrons.